The number of rotatable bonds is 2. The van der Waals surface area contributed by atoms with Gasteiger partial charge in [-0.2, -0.15) is 0 Å². The van der Waals surface area contributed by atoms with Gasteiger partial charge in [-0.25, -0.2) is 9.97 Å². The molecular formula is C13H19N5. The van der Waals surface area contributed by atoms with Gasteiger partial charge in [0.05, 0.1) is 5.69 Å². The number of imidazole rings is 1. The van der Waals surface area contributed by atoms with Gasteiger partial charge in [-0.1, -0.05) is 0 Å². The van der Waals surface area contributed by atoms with E-state index in [0.29, 0.717) is 6.04 Å². The average molecular weight is 245 g/mol. The summed E-state index contributed by atoms with van der Waals surface area (Å²) in [6.07, 6.45) is 3.17. The Kier molecular flexibility index (Phi) is 2.80. The van der Waals surface area contributed by atoms with Crippen LogP contribution in [0.1, 0.15) is 23.5 Å². The maximum atomic E-state index is 5.92. The monoisotopic (exact) mass is 245 g/mol. The fourth-order valence-corrected chi connectivity index (χ4v) is 2.63. The van der Waals surface area contributed by atoms with E-state index in [-0.39, 0.29) is 0 Å². The van der Waals surface area contributed by atoms with Gasteiger partial charge in [-0.05, 0) is 26.3 Å². The van der Waals surface area contributed by atoms with Gasteiger partial charge in [0.15, 0.2) is 0 Å². The van der Waals surface area contributed by atoms with Crippen LogP contribution in [0.3, 0.4) is 0 Å². The summed E-state index contributed by atoms with van der Waals surface area (Å²) >= 11 is 0. The molecule has 5 nitrogen and oxygen atoms in total. The van der Waals surface area contributed by atoms with E-state index in [1.54, 1.807) is 0 Å². The third kappa shape index (κ3) is 2.11. The van der Waals surface area contributed by atoms with E-state index in [9.17, 15) is 0 Å². The molecule has 0 radical (unpaired) electrons. The molecule has 96 valence electrons. The van der Waals surface area contributed by atoms with Gasteiger partial charge in [-0.15, -0.1) is 0 Å². The summed E-state index contributed by atoms with van der Waals surface area (Å²) in [6.45, 7) is 7.00. The molecule has 0 amide bonds. The fourth-order valence-electron chi connectivity index (χ4n) is 2.63. The summed E-state index contributed by atoms with van der Waals surface area (Å²) in [6, 6.07) is 2.40. The molecule has 0 aromatic carbocycles. The third-order valence-electron chi connectivity index (χ3n) is 3.51. The number of nitrogens with two attached hydrogens (primary N) is 1. The Morgan fingerprint density at radius 1 is 1.39 bits per heavy atom. The topological polar surface area (TPSA) is 59.5 Å². The zero-order valence-corrected chi connectivity index (χ0v) is 10.9. The molecule has 2 aromatic heterocycles. The lowest BCUT2D eigenvalue weighted by atomic mass is 10.3. The average Bonchev–Trinajstić information content (AvgIpc) is 2.85. The number of hydrogen-bond donors (Lipinski definition) is 1. The van der Waals surface area contributed by atoms with E-state index < -0.39 is 0 Å². The smallest absolute Gasteiger partial charge is 0.234 e. The molecule has 18 heavy (non-hydrogen) atoms. The second kappa shape index (κ2) is 4.33. The minimum atomic E-state index is 0.323. The minimum absolute atomic E-state index is 0.323. The van der Waals surface area contributed by atoms with Crippen molar-refractivity contribution in [2.24, 2.45) is 5.73 Å². The number of hydrogen-bond acceptors (Lipinski definition) is 4. The van der Waals surface area contributed by atoms with E-state index in [0.717, 1.165) is 43.2 Å². The summed E-state index contributed by atoms with van der Waals surface area (Å²) in [5.41, 5.74) is 9.18. The normalized spacial score (nSPS) is 20.9. The van der Waals surface area contributed by atoms with Crippen molar-refractivity contribution >= 4 is 5.78 Å². The Hall–Kier alpha value is -1.46. The second-order valence-electron chi connectivity index (χ2n) is 5.23. The van der Waals surface area contributed by atoms with Gasteiger partial charge < -0.3 is 5.73 Å². The highest BCUT2D eigenvalue weighted by atomic mass is 15.2. The van der Waals surface area contributed by atoms with Crippen molar-refractivity contribution in [2.75, 3.05) is 13.1 Å². The van der Waals surface area contributed by atoms with Crippen LogP contribution in [0.15, 0.2) is 12.3 Å². The summed E-state index contributed by atoms with van der Waals surface area (Å²) in [5, 5.41) is 0. The first kappa shape index (κ1) is 11.6. The fraction of sp³-hybridized carbons (Fsp3) is 0.538. The van der Waals surface area contributed by atoms with Crippen LogP contribution in [0.25, 0.3) is 5.78 Å². The standard InChI is InChI=1S/C13H19N5/c1-9-5-10(2)18-8-12(16-13(18)15-9)7-17-4-3-11(14)6-17/h5,8,11H,3-4,6-7,14H2,1-2H3/t11-/m0/s1. The Morgan fingerprint density at radius 2 is 2.22 bits per heavy atom. The van der Waals surface area contributed by atoms with Crippen molar-refractivity contribution in [3.05, 3.63) is 29.3 Å². The maximum absolute atomic E-state index is 5.92. The molecule has 0 unspecified atom stereocenters. The molecule has 0 aliphatic carbocycles. The maximum Gasteiger partial charge on any atom is 0.234 e. The predicted octanol–water partition coefficient (Wildman–Crippen LogP) is 0.879. The van der Waals surface area contributed by atoms with Gasteiger partial charge in [0, 0.05) is 43.3 Å². The van der Waals surface area contributed by atoms with Crippen molar-refractivity contribution in [1.82, 2.24) is 19.3 Å². The van der Waals surface area contributed by atoms with E-state index >= 15 is 0 Å². The molecule has 1 saturated heterocycles. The van der Waals surface area contributed by atoms with Crippen molar-refractivity contribution in [3.8, 4) is 0 Å². The third-order valence-corrected chi connectivity index (χ3v) is 3.51. The first-order valence-corrected chi connectivity index (χ1v) is 6.42. The second-order valence-corrected chi connectivity index (χ2v) is 5.23. The lowest BCUT2D eigenvalue weighted by Gasteiger charge is -2.12. The molecule has 0 saturated carbocycles. The number of fused-ring (bicyclic) bond motifs is 1. The van der Waals surface area contributed by atoms with Gasteiger partial charge >= 0.3 is 0 Å². The van der Waals surface area contributed by atoms with Crippen molar-refractivity contribution in [2.45, 2.75) is 32.9 Å². The van der Waals surface area contributed by atoms with Crippen LogP contribution in [0.5, 0.6) is 0 Å². The Balaban J connectivity index is 1.87. The first-order valence-electron chi connectivity index (χ1n) is 6.42. The van der Waals surface area contributed by atoms with Gasteiger partial charge in [0.1, 0.15) is 0 Å². The number of aromatic nitrogens is 3. The zero-order chi connectivity index (χ0) is 12.7. The van der Waals surface area contributed by atoms with Gasteiger partial charge in [-0.3, -0.25) is 9.30 Å². The molecule has 0 spiro atoms. The van der Waals surface area contributed by atoms with Crippen LogP contribution in [-0.4, -0.2) is 38.4 Å². The SMILES string of the molecule is Cc1cc(C)n2cc(CN3CC[C@H](N)C3)nc2n1. The predicted molar refractivity (Wildman–Crippen MR) is 70.3 cm³/mol. The highest BCUT2D eigenvalue weighted by Crippen LogP contribution is 2.13. The molecule has 3 rings (SSSR count). The highest BCUT2D eigenvalue weighted by Gasteiger charge is 2.20. The molecule has 2 N–H and O–H groups in total. The van der Waals surface area contributed by atoms with Crippen molar-refractivity contribution < 1.29 is 0 Å². The zero-order valence-electron chi connectivity index (χ0n) is 10.9. The number of nitrogens with zero attached hydrogens (tertiary/aromatic N) is 4. The largest absolute Gasteiger partial charge is 0.326 e. The molecular weight excluding hydrogens is 226 g/mol. The summed E-state index contributed by atoms with van der Waals surface area (Å²) in [7, 11) is 0. The van der Waals surface area contributed by atoms with Crippen molar-refractivity contribution in [3.63, 3.8) is 0 Å². The highest BCUT2D eigenvalue weighted by molar-refractivity contribution is 5.34. The summed E-state index contributed by atoms with van der Waals surface area (Å²) < 4.78 is 2.05. The molecule has 0 bridgehead atoms. The van der Waals surface area contributed by atoms with Gasteiger partial charge in [0.2, 0.25) is 5.78 Å². The minimum Gasteiger partial charge on any atom is -0.326 e. The van der Waals surface area contributed by atoms with E-state index in [1.165, 1.54) is 5.69 Å². The van der Waals surface area contributed by atoms with Gasteiger partial charge in [0.25, 0.3) is 0 Å². The van der Waals surface area contributed by atoms with Crippen molar-refractivity contribution in [1.29, 1.82) is 0 Å². The van der Waals surface area contributed by atoms with Crippen LogP contribution >= 0.6 is 0 Å². The molecule has 1 fully saturated rings. The number of likely N-dealkylation sites (tertiary alicyclic amines) is 1. The van der Waals surface area contributed by atoms with Crippen LogP contribution < -0.4 is 5.73 Å². The molecule has 1 atom stereocenters. The van der Waals surface area contributed by atoms with E-state index in [1.807, 2.05) is 6.92 Å². The molecule has 1 aliphatic rings. The Morgan fingerprint density at radius 3 is 2.94 bits per heavy atom. The molecule has 1 aliphatic heterocycles. The molecule has 2 aromatic rings. The molecule has 3 heterocycles. The lowest BCUT2D eigenvalue weighted by molar-refractivity contribution is 0.323. The van der Waals surface area contributed by atoms with Crippen LogP contribution in [-0.2, 0) is 6.54 Å². The van der Waals surface area contributed by atoms with E-state index in [2.05, 4.69) is 38.5 Å². The van der Waals surface area contributed by atoms with Crippen LogP contribution in [0, 0.1) is 13.8 Å². The lowest BCUT2D eigenvalue weighted by Crippen LogP contribution is -2.26. The first-order chi connectivity index (χ1) is 8.61. The quantitative estimate of drug-likeness (QED) is 0.853. The number of aryl methyl sites for hydroxylation is 2. The summed E-state index contributed by atoms with van der Waals surface area (Å²) in [4.78, 5) is 11.4. The Bertz CT molecular complexity index is 574. The van der Waals surface area contributed by atoms with E-state index in [4.69, 9.17) is 5.73 Å². The van der Waals surface area contributed by atoms with Crippen LogP contribution in [0.2, 0.25) is 0 Å². The van der Waals surface area contributed by atoms with Crippen LogP contribution in [0.4, 0.5) is 0 Å². The Labute approximate surface area is 107 Å². The summed E-state index contributed by atoms with van der Waals surface area (Å²) in [5.74, 6) is 0.797. The molecule has 5 heteroatoms.